The Kier molecular flexibility index (Phi) is 10.9. The Morgan fingerprint density at radius 2 is 1.62 bits per heavy atom. The number of carbonyl (C=O) groups is 7. The molecular formula is C40H41FN8O11S. The molecule has 1 aromatic heterocycles. The lowest BCUT2D eigenvalue weighted by atomic mass is 10.0. The molecule has 1 aliphatic carbocycles. The first-order valence-corrected chi connectivity index (χ1v) is 20.7. The number of halogens is 1. The molecule has 5 aliphatic rings. The lowest BCUT2D eigenvalue weighted by Crippen LogP contribution is -2.71. The molecule has 2 aromatic carbocycles. The number of piperazine rings is 2. The number of carboxylic acid groups (broad SMARTS) is 2. The number of urea groups is 1. The highest BCUT2D eigenvalue weighted by molar-refractivity contribution is 8.00. The summed E-state index contributed by atoms with van der Waals surface area (Å²) in [6.45, 7) is 3.65. The van der Waals surface area contributed by atoms with E-state index in [9.17, 15) is 53.7 Å². The van der Waals surface area contributed by atoms with Crippen molar-refractivity contribution in [3.8, 4) is 5.75 Å². The Morgan fingerprint density at radius 1 is 0.918 bits per heavy atom. The van der Waals surface area contributed by atoms with Crippen LogP contribution in [0, 0.1) is 5.82 Å². The fraction of sp³-hybridized carbons (Fsp3) is 0.400. The van der Waals surface area contributed by atoms with Crippen LogP contribution in [-0.4, -0.2) is 151 Å². The molecule has 8 rings (SSSR count). The summed E-state index contributed by atoms with van der Waals surface area (Å²) in [5.74, 6) is -6.78. The van der Waals surface area contributed by atoms with Gasteiger partial charge in [0.1, 0.15) is 40.3 Å². The van der Waals surface area contributed by atoms with Crippen molar-refractivity contribution in [1.29, 1.82) is 0 Å². The molecule has 320 valence electrons. The molecule has 0 bridgehead atoms. The number of thioether (sulfide) groups is 1. The van der Waals surface area contributed by atoms with Gasteiger partial charge in [0.05, 0.1) is 11.2 Å². The van der Waals surface area contributed by atoms with Crippen LogP contribution in [0.4, 0.5) is 14.9 Å². The van der Waals surface area contributed by atoms with Gasteiger partial charge in [-0.05, 0) is 55.2 Å². The molecule has 0 radical (unpaired) electrons. The quantitative estimate of drug-likeness (QED) is 0.133. The second kappa shape index (κ2) is 16.2. The molecule has 21 heteroatoms. The number of phenols is 1. The zero-order chi connectivity index (χ0) is 43.4. The van der Waals surface area contributed by atoms with Crippen molar-refractivity contribution >= 4 is 70.0 Å². The summed E-state index contributed by atoms with van der Waals surface area (Å²) in [7, 11) is 0. The molecule has 1 unspecified atom stereocenters. The maximum Gasteiger partial charge on any atom is 0.352 e. The molecule has 4 fully saturated rings. The van der Waals surface area contributed by atoms with Gasteiger partial charge in [-0.1, -0.05) is 12.1 Å². The molecule has 3 atom stereocenters. The summed E-state index contributed by atoms with van der Waals surface area (Å²) >= 11 is 1.25. The van der Waals surface area contributed by atoms with E-state index in [2.05, 4.69) is 10.6 Å². The minimum absolute atomic E-state index is 0.00722. The van der Waals surface area contributed by atoms with Crippen molar-refractivity contribution < 1.29 is 53.3 Å². The molecule has 0 spiro atoms. The van der Waals surface area contributed by atoms with Crippen molar-refractivity contribution in [2.24, 2.45) is 0 Å². The van der Waals surface area contributed by atoms with E-state index < -0.39 is 75.9 Å². The van der Waals surface area contributed by atoms with Crippen LogP contribution in [0.25, 0.3) is 10.9 Å². The Morgan fingerprint density at radius 3 is 2.26 bits per heavy atom. The normalized spacial score (nSPS) is 21.3. The Labute approximate surface area is 350 Å². The fourth-order valence-corrected chi connectivity index (χ4v) is 9.54. The van der Waals surface area contributed by atoms with E-state index in [-0.39, 0.29) is 66.1 Å². The monoisotopic (exact) mass is 860 g/mol. The van der Waals surface area contributed by atoms with Crippen molar-refractivity contribution in [1.82, 2.24) is 34.8 Å². The van der Waals surface area contributed by atoms with Gasteiger partial charge in [-0.3, -0.25) is 38.7 Å². The number of aromatic nitrogens is 1. The first kappa shape index (κ1) is 41.3. The minimum Gasteiger partial charge on any atom is -0.508 e. The average molecular weight is 861 g/mol. The molecule has 4 aliphatic heterocycles. The molecule has 1 saturated carbocycles. The largest absolute Gasteiger partial charge is 0.508 e. The third kappa shape index (κ3) is 7.62. The van der Waals surface area contributed by atoms with Gasteiger partial charge >= 0.3 is 29.8 Å². The highest BCUT2D eigenvalue weighted by Crippen LogP contribution is 2.41. The average Bonchev–Trinajstić information content (AvgIpc) is 4.09. The van der Waals surface area contributed by atoms with E-state index >= 15 is 4.39 Å². The number of likely N-dealkylation sites (N-methyl/N-ethyl adjacent to an activating group) is 1. The number of aliphatic carboxylic acids is 1. The topological polar surface area (TPSA) is 242 Å². The van der Waals surface area contributed by atoms with E-state index in [4.69, 9.17) is 0 Å². The van der Waals surface area contributed by atoms with Gasteiger partial charge in [-0.25, -0.2) is 18.8 Å². The molecule has 5 heterocycles. The van der Waals surface area contributed by atoms with Crippen molar-refractivity contribution in [2.75, 3.05) is 63.0 Å². The highest BCUT2D eigenvalue weighted by Gasteiger charge is 2.55. The zero-order valence-corrected chi connectivity index (χ0v) is 33.5. The van der Waals surface area contributed by atoms with Gasteiger partial charge in [-0.15, -0.1) is 11.8 Å². The first-order valence-electron chi connectivity index (χ1n) is 19.7. The van der Waals surface area contributed by atoms with E-state index in [1.165, 1.54) is 47.1 Å². The molecule has 5 N–H and O–H groups in total. The third-order valence-corrected chi connectivity index (χ3v) is 13.0. The Hall–Kier alpha value is -6.48. The standard InChI is InChI=1S/C40H41FN8O11S/c1-2-45-13-14-47(36(55)35(45)54)40(60)43-29(20-3-7-23(50)8-4-20)33(52)42-30-34(53)49-31(39(58)59)21(19-61-37(30)49)17-44-9-11-46(12-10-44)28-16-27-24(15-26(28)41)32(51)25(38(56)57)18-48(27)22-5-6-22/h3-4,7-8,15-16,18,22,29-30,37,50H,2,5-6,9-14,17,19H2,1H3,(H,42,52)(H,43,60)(H,56,57)(H,58,59)/t29?,30-,37-/m1/s1. The van der Waals surface area contributed by atoms with E-state index in [1.807, 2.05) is 9.80 Å². The van der Waals surface area contributed by atoms with Crippen LogP contribution in [0.2, 0.25) is 0 Å². The number of aromatic carboxylic acids is 1. The lowest BCUT2D eigenvalue weighted by molar-refractivity contribution is -0.153. The minimum atomic E-state index is -1.48. The van der Waals surface area contributed by atoms with Crippen LogP contribution < -0.4 is 21.0 Å². The van der Waals surface area contributed by atoms with E-state index in [0.717, 1.165) is 23.8 Å². The summed E-state index contributed by atoms with van der Waals surface area (Å²) in [4.78, 5) is 110. The third-order valence-electron chi connectivity index (χ3n) is 11.6. The van der Waals surface area contributed by atoms with Gasteiger partial charge in [0.25, 0.3) is 5.91 Å². The molecule has 6 amide bonds. The van der Waals surface area contributed by atoms with Gasteiger partial charge < -0.3 is 40.3 Å². The summed E-state index contributed by atoms with van der Waals surface area (Å²) in [6.07, 6.45) is 2.94. The highest BCUT2D eigenvalue weighted by atomic mass is 32.2. The number of pyridine rings is 1. The van der Waals surface area contributed by atoms with Crippen molar-refractivity contribution in [3.63, 3.8) is 0 Å². The van der Waals surface area contributed by atoms with Crippen LogP contribution in [0.5, 0.6) is 5.75 Å². The zero-order valence-electron chi connectivity index (χ0n) is 32.7. The summed E-state index contributed by atoms with van der Waals surface area (Å²) in [5, 5.41) is 34.1. The predicted octanol–water partition coefficient (Wildman–Crippen LogP) is 0.882. The number of imide groups is 1. The van der Waals surface area contributed by atoms with Crippen LogP contribution >= 0.6 is 11.8 Å². The smallest absolute Gasteiger partial charge is 0.352 e. The molecule has 3 saturated heterocycles. The number of nitrogens with one attached hydrogen (secondary N) is 2. The molecular weight excluding hydrogens is 820 g/mol. The maximum absolute atomic E-state index is 15.6. The number of carboxylic acids is 2. The number of β-lactam (4-membered cyclic amide) rings is 1. The van der Waals surface area contributed by atoms with Crippen LogP contribution in [0.15, 0.2) is 58.7 Å². The van der Waals surface area contributed by atoms with Crippen LogP contribution in [0.3, 0.4) is 0 Å². The second-order valence-corrected chi connectivity index (χ2v) is 16.5. The summed E-state index contributed by atoms with van der Waals surface area (Å²) < 4.78 is 17.3. The molecule has 61 heavy (non-hydrogen) atoms. The SMILES string of the molecule is CCN1CCN(C(=O)NC(C(=O)N[C@@H]2C(=O)N3C(C(=O)O)=C(CN4CCN(c5cc6c(cc5F)c(=O)c(C(=O)O)cn6C5CC5)CC4)CS[C@H]23)c2ccc(O)cc2)C(=O)C1=O. The van der Waals surface area contributed by atoms with Gasteiger partial charge in [0.2, 0.25) is 11.3 Å². The summed E-state index contributed by atoms with van der Waals surface area (Å²) in [5.41, 5.74) is -0.00766. The van der Waals surface area contributed by atoms with Crippen LogP contribution in [0.1, 0.15) is 47.8 Å². The maximum atomic E-state index is 15.6. The number of hydrogen-bond acceptors (Lipinski definition) is 12. The lowest BCUT2D eigenvalue weighted by Gasteiger charge is -2.50. The number of benzene rings is 2. The van der Waals surface area contributed by atoms with Crippen molar-refractivity contribution in [3.05, 3.63) is 81.0 Å². The first-order chi connectivity index (χ1) is 29.2. The number of phenolic OH excluding ortho intramolecular Hbond substituents is 1. The van der Waals surface area contributed by atoms with Crippen molar-refractivity contribution in [2.45, 2.75) is 43.3 Å². The summed E-state index contributed by atoms with van der Waals surface area (Å²) in [6, 6.07) is 4.32. The number of anilines is 1. The van der Waals surface area contributed by atoms with Gasteiger partial charge in [0, 0.05) is 75.7 Å². The number of aromatic hydroxyl groups is 1. The fourth-order valence-electron chi connectivity index (χ4n) is 8.20. The molecule has 19 nitrogen and oxygen atoms in total. The molecule has 3 aromatic rings. The Balaban J connectivity index is 0.940. The van der Waals surface area contributed by atoms with Crippen LogP contribution in [-0.2, 0) is 24.0 Å². The number of rotatable bonds is 11. The van der Waals surface area contributed by atoms with E-state index in [0.29, 0.717) is 42.2 Å². The number of hydrogen-bond donors (Lipinski definition) is 5. The van der Waals surface area contributed by atoms with Gasteiger partial charge in [-0.2, -0.15) is 0 Å². The number of fused-ring (bicyclic) bond motifs is 2. The number of nitrogens with zero attached hydrogens (tertiary/aromatic N) is 6. The second-order valence-electron chi connectivity index (χ2n) is 15.4. The predicted molar refractivity (Wildman–Crippen MR) is 215 cm³/mol. The Bertz CT molecular complexity index is 2480. The number of carbonyl (C=O) groups excluding carboxylic acids is 5. The van der Waals surface area contributed by atoms with E-state index in [1.54, 1.807) is 17.6 Å². The van der Waals surface area contributed by atoms with Gasteiger partial charge in [0.15, 0.2) is 0 Å². The number of amides is 6.